The van der Waals surface area contributed by atoms with E-state index in [2.05, 4.69) is 0 Å². The van der Waals surface area contributed by atoms with Crippen LogP contribution in [0.2, 0.25) is 0 Å². The first-order chi connectivity index (χ1) is 13.6. The maximum atomic E-state index is 13.1. The van der Waals surface area contributed by atoms with E-state index in [-0.39, 0.29) is 52.7 Å². The molecular weight excluding hydrogens is 427 g/mol. The number of phenols is 1. The van der Waals surface area contributed by atoms with Crippen molar-refractivity contribution in [3.8, 4) is 5.75 Å². The second kappa shape index (κ2) is 8.26. The molecule has 1 aromatic rings. The van der Waals surface area contributed by atoms with Crippen LogP contribution in [0, 0.1) is 6.92 Å². The quantitative estimate of drug-likeness (QED) is 0.683. The van der Waals surface area contributed by atoms with E-state index in [1.165, 1.54) is 13.0 Å². The van der Waals surface area contributed by atoms with Gasteiger partial charge in [-0.25, -0.2) is 4.79 Å². The van der Waals surface area contributed by atoms with Gasteiger partial charge in [-0.15, -0.1) is 0 Å². The standard InChI is InChI=1S/C19H26F3NO6S/c1-6-28-17(25)16(29-18(3,4)5)14-11(2)10-13-12(15(14)24)8-7-9-23(13)30(26,27)19(20,21)22/h10,16,24H,6-9H2,1-5H3. The molecule has 11 heteroatoms. The molecule has 0 amide bonds. The van der Waals surface area contributed by atoms with Gasteiger partial charge in [-0.05, 0) is 59.1 Å². The Morgan fingerprint density at radius 1 is 1.30 bits per heavy atom. The number of aromatic hydroxyl groups is 1. The highest BCUT2D eigenvalue weighted by Crippen LogP contribution is 2.45. The highest BCUT2D eigenvalue weighted by Gasteiger charge is 2.51. The Kier molecular flexibility index (Phi) is 6.68. The minimum Gasteiger partial charge on any atom is -0.507 e. The molecule has 0 saturated carbocycles. The summed E-state index contributed by atoms with van der Waals surface area (Å²) >= 11 is 0. The van der Waals surface area contributed by atoms with Gasteiger partial charge in [0.2, 0.25) is 0 Å². The van der Waals surface area contributed by atoms with E-state index < -0.39 is 39.0 Å². The van der Waals surface area contributed by atoms with Gasteiger partial charge in [0.25, 0.3) is 0 Å². The SMILES string of the molecule is CCOC(=O)C(OC(C)(C)C)c1c(C)cc2c(c1O)CCCN2S(=O)(=O)C(F)(F)F. The Bertz CT molecular complexity index is 922. The van der Waals surface area contributed by atoms with Gasteiger partial charge in [0.1, 0.15) is 5.75 Å². The molecule has 1 aliphatic heterocycles. The number of hydrogen-bond acceptors (Lipinski definition) is 6. The molecule has 0 bridgehead atoms. The normalized spacial score (nSPS) is 16.2. The molecule has 0 radical (unpaired) electrons. The van der Waals surface area contributed by atoms with Crippen molar-refractivity contribution in [2.45, 2.75) is 64.7 Å². The second-order valence-corrected chi connectivity index (χ2v) is 9.80. The zero-order valence-corrected chi connectivity index (χ0v) is 18.3. The van der Waals surface area contributed by atoms with Crippen molar-refractivity contribution < 1.29 is 41.0 Å². The Morgan fingerprint density at radius 2 is 1.90 bits per heavy atom. The zero-order chi connectivity index (χ0) is 23.1. The maximum Gasteiger partial charge on any atom is 0.516 e. The predicted molar refractivity (Wildman–Crippen MR) is 104 cm³/mol. The van der Waals surface area contributed by atoms with Crippen LogP contribution in [0.3, 0.4) is 0 Å². The fraction of sp³-hybridized carbons (Fsp3) is 0.632. The number of benzene rings is 1. The number of halogens is 3. The van der Waals surface area contributed by atoms with Crippen LogP contribution in [0.5, 0.6) is 5.75 Å². The van der Waals surface area contributed by atoms with Crippen molar-refractivity contribution in [3.63, 3.8) is 0 Å². The monoisotopic (exact) mass is 453 g/mol. The summed E-state index contributed by atoms with van der Waals surface area (Å²) in [7, 11) is -5.63. The lowest BCUT2D eigenvalue weighted by Gasteiger charge is -2.34. The van der Waals surface area contributed by atoms with Crippen LogP contribution < -0.4 is 4.31 Å². The molecule has 1 atom stereocenters. The molecule has 0 fully saturated rings. The van der Waals surface area contributed by atoms with E-state index in [4.69, 9.17) is 9.47 Å². The third-order valence-electron chi connectivity index (χ3n) is 4.50. The molecule has 1 N–H and O–H groups in total. The molecule has 0 aromatic heterocycles. The number of alkyl halides is 3. The summed E-state index contributed by atoms with van der Waals surface area (Å²) in [6.45, 7) is 7.84. The fourth-order valence-electron chi connectivity index (χ4n) is 3.33. The summed E-state index contributed by atoms with van der Waals surface area (Å²) in [6.07, 6.45) is -1.11. The molecule has 30 heavy (non-hydrogen) atoms. The molecule has 170 valence electrons. The summed E-state index contributed by atoms with van der Waals surface area (Å²) in [5.74, 6) is -1.23. The van der Waals surface area contributed by atoms with Gasteiger partial charge in [-0.2, -0.15) is 21.6 Å². The van der Waals surface area contributed by atoms with Crippen LogP contribution in [0.1, 0.15) is 56.9 Å². The van der Waals surface area contributed by atoms with Crippen LogP contribution in [-0.4, -0.2) is 43.8 Å². The molecule has 1 aromatic carbocycles. The number of phenolic OH excluding ortho intramolecular Hbond substituents is 1. The van der Waals surface area contributed by atoms with E-state index in [1.54, 1.807) is 27.7 Å². The smallest absolute Gasteiger partial charge is 0.507 e. The number of aryl methyl sites for hydroxylation is 1. The van der Waals surface area contributed by atoms with Gasteiger partial charge < -0.3 is 14.6 Å². The molecule has 0 spiro atoms. The topological polar surface area (TPSA) is 93.1 Å². The fourth-order valence-corrected chi connectivity index (χ4v) is 4.37. The van der Waals surface area contributed by atoms with Crippen molar-refractivity contribution in [2.75, 3.05) is 17.5 Å². The van der Waals surface area contributed by atoms with E-state index in [0.29, 0.717) is 0 Å². The molecule has 7 nitrogen and oxygen atoms in total. The lowest BCUT2D eigenvalue weighted by atomic mass is 9.92. The number of nitrogens with zero attached hydrogens (tertiary/aromatic N) is 1. The minimum atomic E-state index is -5.63. The number of carbonyl (C=O) groups is 1. The molecule has 1 unspecified atom stereocenters. The third kappa shape index (κ3) is 4.66. The molecular formula is C19H26F3NO6S. The summed E-state index contributed by atoms with van der Waals surface area (Å²) < 4.78 is 74.5. The van der Waals surface area contributed by atoms with Crippen molar-refractivity contribution in [1.29, 1.82) is 0 Å². The van der Waals surface area contributed by atoms with Crippen LogP contribution in [0.15, 0.2) is 6.07 Å². The number of rotatable bonds is 5. The number of esters is 1. The summed E-state index contributed by atoms with van der Waals surface area (Å²) in [5, 5.41) is 10.9. The molecule has 1 aliphatic rings. The minimum absolute atomic E-state index is 0.0153. The number of carbonyl (C=O) groups excluding carboxylic acids is 1. The van der Waals surface area contributed by atoms with Crippen molar-refractivity contribution in [3.05, 3.63) is 22.8 Å². The average molecular weight is 453 g/mol. The van der Waals surface area contributed by atoms with Crippen LogP contribution in [0.25, 0.3) is 0 Å². The van der Waals surface area contributed by atoms with Crippen LogP contribution in [-0.2, 0) is 30.7 Å². The lowest BCUT2D eigenvalue weighted by Crippen LogP contribution is -2.43. The average Bonchev–Trinajstić information content (AvgIpc) is 2.58. The van der Waals surface area contributed by atoms with E-state index in [9.17, 15) is 31.5 Å². The van der Waals surface area contributed by atoms with Crippen molar-refractivity contribution >= 4 is 21.7 Å². The number of fused-ring (bicyclic) bond motifs is 1. The largest absolute Gasteiger partial charge is 0.516 e. The Labute approximate surface area is 173 Å². The van der Waals surface area contributed by atoms with E-state index >= 15 is 0 Å². The Hall–Kier alpha value is -2.01. The first-order valence-corrected chi connectivity index (χ1v) is 10.8. The Balaban J connectivity index is 2.68. The van der Waals surface area contributed by atoms with Crippen molar-refractivity contribution in [2.24, 2.45) is 0 Å². The lowest BCUT2D eigenvalue weighted by molar-refractivity contribution is -0.167. The van der Waals surface area contributed by atoms with E-state index in [1.807, 2.05) is 0 Å². The van der Waals surface area contributed by atoms with Gasteiger partial charge in [0, 0.05) is 17.7 Å². The maximum absolute atomic E-state index is 13.1. The van der Waals surface area contributed by atoms with Crippen molar-refractivity contribution in [1.82, 2.24) is 0 Å². The molecule has 1 heterocycles. The number of ether oxygens (including phenoxy) is 2. The predicted octanol–water partition coefficient (Wildman–Crippen LogP) is 3.72. The summed E-state index contributed by atoms with van der Waals surface area (Å²) in [4.78, 5) is 12.5. The Morgan fingerprint density at radius 3 is 2.40 bits per heavy atom. The number of sulfonamides is 1. The van der Waals surface area contributed by atoms with Gasteiger partial charge in [0.05, 0.1) is 17.9 Å². The third-order valence-corrected chi connectivity index (χ3v) is 6.05. The second-order valence-electron chi connectivity index (χ2n) is 7.94. The number of anilines is 1. The van der Waals surface area contributed by atoms with Crippen LogP contribution >= 0.6 is 0 Å². The summed E-state index contributed by atoms with van der Waals surface area (Å²) in [5.41, 5.74) is -6.27. The molecule has 0 saturated heterocycles. The zero-order valence-electron chi connectivity index (χ0n) is 17.5. The van der Waals surface area contributed by atoms with Crippen LogP contribution in [0.4, 0.5) is 18.9 Å². The molecule has 2 rings (SSSR count). The van der Waals surface area contributed by atoms with Gasteiger partial charge in [0.15, 0.2) is 6.10 Å². The highest BCUT2D eigenvalue weighted by atomic mass is 32.2. The highest BCUT2D eigenvalue weighted by molar-refractivity contribution is 7.93. The van der Waals surface area contributed by atoms with Gasteiger partial charge in [-0.1, -0.05) is 0 Å². The number of hydrogen-bond donors (Lipinski definition) is 1. The van der Waals surface area contributed by atoms with Gasteiger partial charge >= 0.3 is 21.5 Å². The first-order valence-electron chi connectivity index (χ1n) is 9.40. The van der Waals surface area contributed by atoms with E-state index in [0.717, 1.165) is 0 Å². The first kappa shape index (κ1) is 24.3. The van der Waals surface area contributed by atoms with Gasteiger partial charge in [-0.3, -0.25) is 4.31 Å². The summed E-state index contributed by atoms with van der Waals surface area (Å²) in [6, 6.07) is 1.23. The molecule has 0 aliphatic carbocycles.